The molecule has 1 amide bonds. The van der Waals surface area contributed by atoms with Crippen molar-refractivity contribution in [2.45, 2.75) is 32.7 Å². The summed E-state index contributed by atoms with van der Waals surface area (Å²) in [5.74, 6) is 0.237. The fourth-order valence-electron chi connectivity index (χ4n) is 2.70. The van der Waals surface area contributed by atoms with E-state index in [9.17, 15) is 4.79 Å². The Labute approximate surface area is 123 Å². The smallest absolute Gasteiger partial charge is 0.287 e. The third-order valence-electron chi connectivity index (χ3n) is 3.75. The molecule has 1 atom stereocenters. The van der Waals surface area contributed by atoms with Gasteiger partial charge in [-0.25, -0.2) is 0 Å². The Morgan fingerprint density at radius 3 is 2.81 bits per heavy atom. The Hall–Kier alpha value is -2.29. The van der Waals surface area contributed by atoms with Gasteiger partial charge in [-0.3, -0.25) is 4.79 Å². The van der Waals surface area contributed by atoms with Gasteiger partial charge >= 0.3 is 0 Å². The van der Waals surface area contributed by atoms with Gasteiger partial charge in [-0.05, 0) is 36.2 Å². The molecule has 1 aromatic heterocycles. The van der Waals surface area contributed by atoms with E-state index in [1.165, 1.54) is 0 Å². The number of hydrogen-bond acceptors (Lipinski definition) is 2. The number of fused-ring (bicyclic) bond motifs is 3. The van der Waals surface area contributed by atoms with Crippen LogP contribution in [0.5, 0.6) is 0 Å². The number of carbonyl (C=O) groups is 1. The van der Waals surface area contributed by atoms with Crippen LogP contribution >= 0.6 is 0 Å². The molecule has 0 bridgehead atoms. The Bertz CT molecular complexity index is 788. The maximum Gasteiger partial charge on any atom is 0.287 e. The average molecular weight is 281 g/mol. The van der Waals surface area contributed by atoms with Gasteiger partial charge in [0.25, 0.3) is 5.91 Å². The van der Waals surface area contributed by atoms with E-state index in [2.05, 4.69) is 24.4 Å². The van der Waals surface area contributed by atoms with Crippen LogP contribution in [0.15, 0.2) is 46.9 Å². The molecule has 0 saturated heterocycles. The molecule has 3 rings (SSSR count). The van der Waals surface area contributed by atoms with E-state index < -0.39 is 0 Å². The van der Waals surface area contributed by atoms with Crippen molar-refractivity contribution < 1.29 is 9.21 Å². The summed E-state index contributed by atoms with van der Waals surface area (Å²) < 4.78 is 5.70. The fraction of sp³-hybridized carbons (Fsp3) is 0.278. The van der Waals surface area contributed by atoms with Gasteiger partial charge in [0, 0.05) is 11.4 Å². The number of nitrogens with one attached hydrogen (secondary N) is 1. The summed E-state index contributed by atoms with van der Waals surface area (Å²) in [6.07, 6.45) is 2.01. The van der Waals surface area contributed by atoms with Crippen molar-refractivity contribution in [3.63, 3.8) is 0 Å². The summed E-state index contributed by atoms with van der Waals surface area (Å²) in [5, 5.41) is 6.22. The molecule has 1 N–H and O–H groups in total. The molecule has 1 heterocycles. The van der Waals surface area contributed by atoms with Gasteiger partial charge in [0.05, 0.1) is 0 Å². The summed E-state index contributed by atoms with van der Waals surface area (Å²) in [4.78, 5) is 12.2. The van der Waals surface area contributed by atoms with Crippen LogP contribution < -0.4 is 5.32 Å². The zero-order valence-electron chi connectivity index (χ0n) is 12.3. The molecule has 0 aliphatic carbocycles. The van der Waals surface area contributed by atoms with E-state index in [1.807, 2.05) is 37.3 Å². The predicted molar refractivity (Wildman–Crippen MR) is 85.6 cm³/mol. The molecule has 21 heavy (non-hydrogen) atoms. The predicted octanol–water partition coefficient (Wildman–Crippen LogP) is 4.50. The van der Waals surface area contributed by atoms with Crippen molar-refractivity contribution >= 4 is 27.6 Å². The van der Waals surface area contributed by atoms with E-state index in [4.69, 9.17) is 4.42 Å². The lowest BCUT2D eigenvalue weighted by Gasteiger charge is -2.10. The monoisotopic (exact) mass is 281 g/mol. The highest BCUT2D eigenvalue weighted by molar-refractivity contribution is 6.08. The van der Waals surface area contributed by atoms with E-state index >= 15 is 0 Å². The molecule has 0 aliphatic heterocycles. The maximum absolute atomic E-state index is 12.2. The van der Waals surface area contributed by atoms with E-state index in [-0.39, 0.29) is 11.9 Å². The first-order chi connectivity index (χ1) is 10.2. The fourth-order valence-corrected chi connectivity index (χ4v) is 2.70. The zero-order chi connectivity index (χ0) is 14.8. The molecule has 0 fully saturated rings. The second kappa shape index (κ2) is 5.60. The SMILES string of the molecule is CCC[C@H](C)NC(=O)c1cc2c(ccc3ccccc32)o1. The summed E-state index contributed by atoms with van der Waals surface area (Å²) in [6.45, 7) is 4.12. The first kappa shape index (κ1) is 13.7. The van der Waals surface area contributed by atoms with Gasteiger partial charge in [0.1, 0.15) is 5.58 Å². The number of carbonyl (C=O) groups excluding carboxylic acids is 1. The maximum atomic E-state index is 12.2. The third kappa shape index (κ3) is 2.64. The molecule has 2 aromatic carbocycles. The minimum absolute atomic E-state index is 0.142. The number of benzene rings is 2. The number of furan rings is 1. The third-order valence-corrected chi connectivity index (χ3v) is 3.75. The molecular weight excluding hydrogens is 262 g/mol. The van der Waals surface area contributed by atoms with E-state index in [0.29, 0.717) is 5.76 Å². The minimum atomic E-state index is -0.142. The number of hydrogen-bond donors (Lipinski definition) is 1. The quantitative estimate of drug-likeness (QED) is 0.764. The molecule has 0 unspecified atom stereocenters. The first-order valence-electron chi connectivity index (χ1n) is 7.41. The van der Waals surface area contributed by atoms with E-state index in [1.54, 1.807) is 0 Å². The lowest BCUT2D eigenvalue weighted by Crippen LogP contribution is -2.32. The second-order valence-corrected chi connectivity index (χ2v) is 5.47. The van der Waals surface area contributed by atoms with Gasteiger partial charge in [-0.2, -0.15) is 0 Å². The van der Waals surface area contributed by atoms with Crippen LogP contribution in [0.25, 0.3) is 21.7 Å². The highest BCUT2D eigenvalue weighted by atomic mass is 16.3. The Balaban J connectivity index is 1.97. The molecule has 0 radical (unpaired) electrons. The normalized spacial score (nSPS) is 12.7. The molecule has 0 saturated carbocycles. The summed E-state index contributed by atoms with van der Waals surface area (Å²) in [6, 6.07) is 14.1. The van der Waals surface area contributed by atoms with Gasteiger partial charge in [0.15, 0.2) is 5.76 Å². The molecule has 3 heteroatoms. The molecule has 108 valence electrons. The Kier molecular flexibility index (Phi) is 3.65. The molecule has 3 aromatic rings. The Morgan fingerprint density at radius 2 is 2.00 bits per heavy atom. The van der Waals surface area contributed by atoms with Crippen molar-refractivity contribution in [2.75, 3.05) is 0 Å². The zero-order valence-corrected chi connectivity index (χ0v) is 12.3. The van der Waals surface area contributed by atoms with Crippen LogP contribution in [0.2, 0.25) is 0 Å². The number of rotatable bonds is 4. The second-order valence-electron chi connectivity index (χ2n) is 5.47. The van der Waals surface area contributed by atoms with Crippen LogP contribution in [0.3, 0.4) is 0 Å². The van der Waals surface area contributed by atoms with Crippen molar-refractivity contribution in [1.29, 1.82) is 0 Å². The van der Waals surface area contributed by atoms with Crippen LogP contribution in [-0.2, 0) is 0 Å². The summed E-state index contributed by atoms with van der Waals surface area (Å²) >= 11 is 0. The highest BCUT2D eigenvalue weighted by Gasteiger charge is 2.15. The van der Waals surface area contributed by atoms with Crippen LogP contribution in [0, 0.1) is 0 Å². The Morgan fingerprint density at radius 1 is 1.19 bits per heavy atom. The first-order valence-corrected chi connectivity index (χ1v) is 7.41. The summed E-state index contributed by atoms with van der Waals surface area (Å²) in [5.41, 5.74) is 0.752. The highest BCUT2D eigenvalue weighted by Crippen LogP contribution is 2.28. The van der Waals surface area contributed by atoms with Crippen LogP contribution in [0.1, 0.15) is 37.2 Å². The lowest BCUT2D eigenvalue weighted by atomic mass is 10.1. The van der Waals surface area contributed by atoms with Crippen molar-refractivity contribution in [2.24, 2.45) is 0 Å². The van der Waals surface area contributed by atoms with Gasteiger partial charge in [0.2, 0.25) is 0 Å². The molecule has 3 nitrogen and oxygen atoms in total. The van der Waals surface area contributed by atoms with Crippen molar-refractivity contribution in [3.8, 4) is 0 Å². The summed E-state index contributed by atoms with van der Waals surface area (Å²) in [7, 11) is 0. The molecule has 0 spiro atoms. The van der Waals surface area contributed by atoms with Crippen molar-refractivity contribution in [1.82, 2.24) is 5.32 Å². The lowest BCUT2D eigenvalue weighted by molar-refractivity contribution is 0.0912. The topological polar surface area (TPSA) is 42.2 Å². The largest absolute Gasteiger partial charge is 0.451 e. The van der Waals surface area contributed by atoms with Crippen LogP contribution in [-0.4, -0.2) is 11.9 Å². The minimum Gasteiger partial charge on any atom is -0.451 e. The van der Waals surface area contributed by atoms with Gasteiger partial charge in [-0.15, -0.1) is 0 Å². The average Bonchev–Trinajstić information content (AvgIpc) is 2.92. The molecular formula is C18H19NO2. The van der Waals surface area contributed by atoms with Crippen molar-refractivity contribution in [3.05, 3.63) is 48.2 Å². The van der Waals surface area contributed by atoms with Crippen LogP contribution in [0.4, 0.5) is 0 Å². The van der Waals surface area contributed by atoms with Gasteiger partial charge in [-0.1, -0.05) is 43.7 Å². The van der Waals surface area contributed by atoms with E-state index in [0.717, 1.165) is 34.6 Å². The standard InChI is InChI=1S/C18H19NO2/c1-3-6-12(2)19-18(20)17-11-15-14-8-5-4-7-13(14)9-10-16(15)21-17/h4-5,7-12H,3,6H2,1-2H3,(H,19,20)/t12-/m0/s1. The number of amides is 1. The molecule has 0 aliphatic rings. The van der Waals surface area contributed by atoms with Gasteiger partial charge < -0.3 is 9.73 Å².